The summed E-state index contributed by atoms with van der Waals surface area (Å²) in [6.45, 7) is 0.632. The molecule has 0 radical (unpaired) electrons. The maximum Gasteiger partial charge on any atom is 0.336 e. The molecule has 0 amide bonds. The van der Waals surface area contributed by atoms with Gasteiger partial charge in [-0.1, -0.05) is 24.3 Å². The second kappa shape index (κ2) is 3.17. The number of benzene rings is 2. The minimum atomic E-state index is -0.883. The van der Waals surface area contributed by atoms with Crippen molar-refractivity contribution < 1.29 is 9.90 Å². The van der Waals surface area contributed by atoms with E-state index in [-0.39, 0.29) is 0 Å². The molecule has 1 aliphatic rings. The third kappa shape index (κ3) is 1.15. The molecular weight excluding hydrogens is 202 g/mol. The van der Waals surface area contributed by atoms with E-state index in [1.807, 2.05) is 24.3 Å². The Kier molecular flexibility index (Phi) is 1.80. The molecule has 0 aliphatic carbocycles. The van der Waals surface area contributed by atoms with Gasteiger partial charge in [-0.05, 0) is 22.4 Å². The van der Waals surface area contributed by atoms with Crippen LogP contribution in [0.1, 0.15) is 21.5 Å². The van der Waals surface area contributed by atoms with E-state index in [1.54, 1.807) is 12.3 Å². The monoisotopic (exact) mass is 211 g/mol. The normalized spacial score (nSPS) is 13.0. The first-order valence-electron chi connectivity index (χ1n) is 5.05. The molecule has 1 N–H and O–H groups in total. The second-order valence-electron chi connectivity index (χ2n) is 3.82. The van der Waals surface area contributed by atoms with Gasteiger partial charge in [0.25, 0.3) is 0 Å². The van der Waals surface area contributed by atoms with Gasteiger partial charge >= 0.3 is 5.97 Å². The maximum atomic E-state index is 11.1. The van der Waals surface area contributed by atoms with Crippen LogP contribution < -0.4 is 0 Å². The Morgan fingerprint density at radius 2 is 2.12 bits per heavy atom. The van der Waals surface area contributed by atoms with Crippen LogP contribution in [0.3, 0.4) is 0 Å². The van der Waals surface area contributed by atoms with Gasteiger partial charge in [0.15, 0.2) is 0 Å². The van der Waals surface area contributed by atoms with Gasteiger partial charge in [0.2, 0.25) is 0 Å². The van der Waals surface area contributed by atoms with Crippen molar-refractivity contribution in [2.75, 3.05) is 0 Å². The highest BCUT2D eigenvalue weighted by atomic mass is 16.4. The van der Waals surface area contributed by atoms with Crippen LogP contribution in [0.25, 0.3) is 10.8 Å². The van der Waals surface area contributed by atoms with Gasteiger partial charge in [0.1, 0.15) is 0 Å². The third-order valence-electron chi connectivity index (χ3n) is 2.88. The lowest BCUT2D eigenvalue weighted by Gasteiger charge is -2.13. The summed E-state index contributed by atoms with van der Waals surface area (Å²) in [4.78, 5) is 15.4. The Balaban J connectivity index is 2.49. The van der Waals surface area contributed by atoms with Gasteiger partial charge in [0.05, 0.1) is 12.1 Å². The zero-order valence-electron chi connectivity index (χ0n) is 8.47. The van der Waals surface area contributed by atoms with Gasteiger partial charge in [-0.2, -0.15) is 0 Å². The van der Waals surface area contributed by atoms with Crippen LogP contribution in [0.2, 0.25) is 0 Å². The molecule has 0 spiro atoms. The van der Waals surface area contributed by atoms with E-state index in [2.05, 4.69) is 4.99 Å². The number of nitrogens with zero attached hydrogens (tertiary/aromatic N) is 1. The molecule has 0 saturated heterocycles. The number of aliphatic imine (C=N–C) groups is 1. The molecule has 0 unspecified atom stereocenters. The van der Waals surface area contributed by atoms with Crippen molar-refractivity contribution in [2.45, 2.75) is 6.54 Å². The van der Waals surface area contributed by atoms with Crippen molar-refractivity contribution in [1.29, 1.82) is 0 Å². The summed E-state index contributed by atoms with van der Waals surface area (Å²) < 4.78 is 0. The van der Waals surface area contributed by atoms with Crippen LogP contribution in [0.4, 0.5) is 0 Å². The number of carboxylic acid groups (broad SMARTS) is 1. The quantitative estimate of drug-likeness (QED) is 0.787. The van der Waals surface area contributed by atoms with Crippen molar-refractivity contribution >= 4 is 23.0 Å². The minimum Gasteiger partial charge on any atom is -0.478 e. The van der Waals surface area contributed by atoms with E-state index < -0.39 is 5.97 Å². The van der Waals surface area contributed by atoms with E-state index in [0.29, 0.717) is 12.1 Å². The molecular formula is C13H9NO2. The molecule has 1 heterocycles. The van der Waals surface area contributed by atoms with Gasteiger partial charge < -0.3 is 5.11 Å². The van der Waals surface area contributed by atoms with Crippen molar-refractivity contribution in [3.8, 4) is 0 Å². The topological polar surface area (TPSA) is 49.7 Å². The van der Waals surface area contributed by atoms with Crippen molar-refractivity contribution in [3.05, 3.63) is 47.0 Å². The second-order valence-corrected chi connectivity index (χ2v) is 3.82. The van der Waals surface area contributed by atoms with Crippen LogP contribution in [-0.4, -0.2) is 17.3 Å². The largest absolute Gasteiger partial charge is 0.478 e. The first-order valence-corrected chi connectivity index (χ1v) is 5.05. The zero-order chi connectivity index (χ0) is 11.1. The molecule has 78 valence electrons. The average Bonchev–Trinajstić information content (AvgIpc) is 2.30. The van der Waals surface area contributed by atoms with Gasteiger partial charge in [-0.25, -0.2) is 4.79 Å². The number of carbonyl (C=O) groups is 1. The molecule has 3 rings (SSSR count). The highest BCUT2D eigenvalue weighted by molar-refractivity contribution is 6.11. The van der Waals surface area contributed by atoms with Crippen molar-refractivity contribution in [3.63, 3.8) is 0 Å². The smallest absolute Gasteiger partial charge is 0.336 e. The molecule has 0 fully saturated rings. The molecule has 3 nitrogen and oxygen atoms in total. The lowest BCUT2D eigenvalue weighted by molar-refractivity contribution is 0.0699. The average molecular weight is 211 g/mol. The molecule has 0 aromatic heterocycles. The van der Waals surface area contributed by atoms with Gasteiger partial charge in [0, 0.05) is 11.8 Å². The van der Waals surface area contributed by atoms with Crippen molar-refractivity contribution in [1.82, 2.24) is 0 Å². The maximum absolute atomic E-state index is 11.1. The summed E-state index contributed by atoms with van der Waals surface area (Å²) in [7, 11) is 0. The summed E-state index contributed by atoms with van der Waals surface area (Å²) in [5, 5.41) is 10.9. The van der Waals surface area contributed by atoms with Gasteiger partial charge in [-0.15, -0.1) is 0 Å². The Morgan fingerprint density at radius 3 is 2.94 bits per heavy atom. The molecule has 3 heteroatoms. The lowest BCUT2D eigenvalue weighted by atomic mass is 9.94. The molecule has 1 aliphatic heterocycles. The van der Waals surface area contributed by atoms with E-state index in [0.717, 1.165) is 21.9 Å². The first-order chi connectivity index (χ1) is 7.77. The summed E-state index contributed by atoms with van der Waals surface area (Å²) >= 11 is 0. The Bertz CT molecular complexity index is 629. The van der Waals surface area contributed by atoms with Crippen LogP contribution in [-0.2, 0) is 6.54 Å². The fourth-order valence-corrected chi connectivity index (χ4v) is 2.18. The molecule has 2 aromatic rings. The molecule has 0 atom stereocenters. The Labute approximate surface area is 92.1 Å². The summed E-state index contributed by atoms with van der Waals surface area (Å²) in [5.74, 6) is -0.883. The van der Waals surface area contributed by atoms with Crippen LogP contribution in [0, 0.1) is 0 Å². The van der Waals surface area contributed by atoms with E-state index in [4.69, 9.17) is 5.11 Å². The zero-order valence-corrected chi connectivity index (χ0v) is 8.47. The minimum absolute atomic E-state index is 0.357. The molecule has 0 saturated carbocycles. The predicted octanol–water partition coefficient (Wildman–Crippen LogP) is 2.47. The summed E-state index contributed by atoms with van der Waals surface area (Å²) in [5.41, 5.74) is 2.45. The van der Waals surface area contributed by atoms with Crippen LogP contribution in [0.5, 0.6) is 0 Å². The third-order valence-corrected chi connectivity index (χ3v) is 2.88. The highest BCUT2D eigenvalue weighted by Gasteiger charge is 2.14. The lowest BCUT2D eigenvalue weighted by Crippen LogP contribution is -2.03. The van der Waals surface area contributed by atoms with Crippen molar-refractivity contribution in [2.24, 2.45) is 4.99 Å². The summed E-state index contributed by atoms with van der Waals surface area (Å²) in [6, 6.07) is 9.19. The fraction of sp³-hybridized carbons (Fsp3) is 0.0769. The highest BCUT2D eigenvalue weighted by Crippen LogP contribution is 2.28. The number of hydrogen-bond acceptors (Lipinski definition) is 2. The Hall–Kier alpha value is -2.16. The number of aromatic carboxylic acids is 1. The molecule has 0 bridgehead atoms. The van der Waals surface area contributed by atoms with E-state index in [1.165, 1.54) is 0 Å². The van der Waals surface area contributed by atoms with E-state index in [9.17, 15) is 4.79 Å². The summed E-state index contributed by atoms with van der Waals surface area (Å²) in [6.07, 6.45) is 1.81. The molecule has 2 aromatic carbocycles. The number of rotatable bonds is 1. The first kappa shape index (κ1) is 9.09. The number of hydrogen-bond donors (Lipinski definition) is 1. The predicted molar refractivity (Wildman–Crippen MR) is 62.2 cm³/mol. The Morgan fingerprint density at radius 1 is 1.25 bits per heavy atom. The fourth-order valence-electron chi connectivity index (χ4n) is 2.18. The van der Waals surface area contributed by atoms with Gasteiger partial charge in [-0.3, -0.25) is 4.99 Å². The number of carboxylic acids is 1. The van der Waals surface area contributed by atoms with Crippen LogP contribution in [0.15, 0.2) is 35.3 Å². The van der Waals surface area contributed by atoms with Crippen LogP contribution >= 0.6 is 0 Å². The van der Waals surface area contributed by atoms with E-state index >= 15 is 0 Å². The molecule has 16 heavy (non-hydrogen) atoms. The standard InChI is InChI=1S/C13H9NO2/c15-13(16)11-5-4-9-7-14-6-8-2-1-3-10(11)12(8)9/h1-5,7H,6H2,(H,15,16). The SMILES string of the molecule is O=C(O)c1ccc2c3c(cccc13)CN=C2.